The quantitative estimate of drug-likeness (QED) is 0.587. The van der Waals surface area contributed by atoms with Crippen LogP contribution in [0.5, 0.6) is 0 Å². The molecule has 1 unspecified atom stereocenters. The third-order valence-corrected chi connectivity index (χ3v) is 1.73. The van der Waals surface area contributed by atoms with Gasteiger partial charge in [0.05, 0.1) is 5.56 Å². The molecular formula is C6H6N2S. The normalized spacial score (nSPS) is 12.4. The summed E-state index contributed by atoms with van der Waals surface area (Å²) in [5.74, 6) is 0. The van der Waals surface area contributed by atoms with Gasteiger partial charge in [-0.05, 0) is 11.4 Å². The smallest absolute Gasteiger partial charge is 0.291 e. The molecule has 0 amide bonds. The molecule has 0 fully saturated rings. The van der Waals surface area contributed by atoms with Crippen LogP contribution < -0.4 is 5.73 Å². The predicted octanol–water partition coefficient (Wildman–Crippen LogP) is 1.62. The second-order valence-electron chi connectivity index (χ2n) is 1.63. The van der Waals surface area contributed by atoms with Crippen molar-refractivity contribution >= 4 is 11.3 Å². The van der Waals surface area contributed by atoms with Crippen molar-refractivity contribution in [3.8, 4) is 0 Å². The predicted molar refractivity (Wildman–Crippen MR) is 37.8 cm³/mol. The first-order valence-corrected chi connectivity index (χ1v) is 3.43. The van der Waals surface area contributed by atoms with Crippen LogP contribution in [0.2, 0.25) is 0 Å². The summed E-state index contributed by atoms with van der Waals surface area (Å²) in [6, 6.07) is 1.87. The Morgan fingerprint density at radius 1 is 1.78 bits per heavy atom. The van der Waals surface area contributed by atoms with Crippen LogP contribution in [0.3, 0.4) is 0 Å². The molecule has 0 radical (unpaired) electrons. The highest BCUT2D eigenvalue weighted by molar-refractivity contribution is 7.07. The van der Waals surface area contributed by atoms with Gasteiger partial charge in [-0.15, -0.1) is 0 Å². The van der Waals surface area contributed by atoms with Crippen molar-refractivity contribution in [2.45, 2.75) is 6.17 Å². The van der Waals surface area contributed by atoms with E-state index >= 15 is 0 Å². The van der Waals surface area contributed by atoms with E-state index in [4.69, 9.17) is 12.3 Å². The average molecular weight is 138 g/mol. The highest BCUT2D eigenvalue weighted by Crippen LogP contribution is 2.13. The van der Waals surface area contributed by atoms with Crippen molar-refractivity contribution in [1.29, 1.82) is 0 Å². The maximum Gasteiger partial charge on any atom is 0.301 e. The van der Waals surface area contributed by atoms with Gasteiger partial charge in [0, 0.05) is 5.38 Å². The maximum absolute atomic E-state index is 6.59. The number of nitrogens with two attached hydrogens (primary N) is 1. The van der Waals surface area contributed by atoms with Gasteiger partial charge in [-0.25, -0.2) is 6.57 Å². The molecular weight excluding hydrogens is 132 g/mol. The van der Waals surface area contributed by atoms with E-state index in [0.717, 1.165) is 5.56 Å². The average Bonchev–Trinajstić information content (AvgIpc) is 2.37. The standard InChI is InChI=1S/C6H6N2S/c1-8-6(7)5-2-3-9-4-5/h2-4,6H,7H2. The molecule has 0 saturated carbocycles. The molecule has 0 aliphatic rings. The Morgan fingerprint density at radius 3 is 3.00 bits per heavy atom. The lowest BCUT2D eigenvalue weighted by Crippen LogP contribution is -2.02. The molecule has 2 nitrogen and oxygen atoms in total. The molecule has 0 aromatic carbocycles. The minimum atomic E-state index is -0.462. The third kappa shape index (κ3) is 1.28. The zero-order chi connectivity index (χ0) is 6.69. The van der Waals surface area contributed by atoms with Gasteiger partial charge in [0.1, 0.15) is 0 Å². The van der Waals surface area contributed by atoms with Crippen LogP contribution in [0.15, 0.2) is 16.8 Å². The SMILES string of the molecule is [C-]#[N+]C(N)c1ccsc1. The Bertz CT molecular complexity index is 209. The van der Waals surface area contributed by atoms with Crippen LogP contribution in [0.1, 0.15) is 11.7 Å². The largest absolute Gasteiger partial charge is 0.301 e. The van der Waals surface area contributed by atoms with Gasteiger partial charge in [-0.3, -0.25) is 10.6 Å². The molecule has 0 aliphatic heterocycles. The first-order chi connectivity index (χ1) is 4.34. The molecule has 1 rings (SSSR count). The lowest BCUT2D eigenvalue weighted by molar-refractivity contribution is 0.912. The summed E-state index contributed by atoms with van der Waals surface area (Å²) in [5, 5.41) is 3.81. The van der Waals surface area contributed by atoms with Gasteiger partial charge in [0.15, 0.2) is 0 Å². The Morgan fingerprint density at radius 2 is 2.56 bits per heavy atom. The molecule has 1 atom stereocenters. The number of hydrogen-bond acceptors (Lipinski definition) is 2. The summed E-state index contributed by atoms with van der Waals surface area (Å²) in [6.45, 7) is 6.59. The van der Waals surface area contributed by atoms with Crippen LogP contribution in [0, 0.1) is 6.57 Å². The van der Waals surface area contributed by atoms with Crippen LogP contribution in [0.4, 0.5) is 0 Å². The fourth-order valence-electron chi connectivity index (χ4n) is 0.518. The lowest BCUT2D eigenvalue weighted by Gasteiger charge is -1.90. The minimum Gasteiger partial charge on any atom is -0.291 e. The first-order valence-electron chi connectivity index (χ1n) is 2.49. The number of nitrogens with zero attached hydrogens (tertiary/aromatic N) is 1. The van der Waals surface area contributed by atoms with Crippen molar-refractivity contribution in [3.63, 3.8) is 0 Å². The Kier molecular flexibility index (Phi) is 1.83. The summed E-state index contributed by atoms with van der Waals surface area (Å²) >= 11 is 1.56. The van der Waals surface area contributed by atoms with E-state index in [1.54, 1.807) is 11.3 Å². The topological polar surface area (TPSA) is 30.4 Å². The zero-order valence-electron chi connectivity index (χ0n) is 4.74. The highest BCUT2D eigenvalue weighted by atomic mass is 32.1. The summed E-state index contributed by atoms with van der Waals surface area (Å²) in [7, 11) is 0. The molecule has 3 heteroatoms. The Labute approximate surface area is 57.7 Å². The van der Waals surface area contributed by atoms with Crippen molar-refractivity contribution in [2.24, 2.45) is 5.73 Å². The van der Waals surface area contributed by atoms with Gasteiger partial charge in [0.25, 0.3) is 0 Å². The second kappa shape index (κ2) is 2.62. The molecule has 0 saturated heterocycles. The fourth-order valence-corrected chi connectivity index (χ4v) is 1.21. The van der Waals surface area contributed by atoms with Crippen LogP contribution in [-0.2, 0) is 0 Å². The highest BCUT2D eigenvalue weighted by Gasteiger charge is 2.06. The van der Waals surface area contributed by atoms with Crippen molar-refractivity contribution < 1.29 is 0 Å². The lowest BCUT2D eigenvalue weighted by atomic mass is 10.3. The fraction of sp³-hybridized carbons (Fsp3) is 0.167. The summed E-state index contributed by atoms with van der Waals surface area (Å²) in [6.07, 6.45) is -0.462. The van der Waals surface area contributed by atoms with Gasteiger partial charge < -0.3 is 0 Å². The summed E-state index contributed by atoms with van der Waals surface area (Å²) in [5.41, 5.74) is 6.30. The molecule has 1 aromatic heterocycles. The van der Waals surface area contributed by atoms with Gasteiger partial charge >= 0.3 is 6.17 Å². The Hall–Kier alpha value is -0.850. The Balaban J connectivity index is 2.80. The molecule has 0 bridgehead atoms. The van der Waals surface area contributed by atoms with Gasteiger partial charge in [-0.2, -0.15) is 11.3 Å². The summed E-state index contributed by atoms with van der Waals surface area (Å²) < 4.78 is 0. The van der Waals surface area contributed by atoms with Crippen LogP contribution in [0.25, 0.3) is 4.85 Å². The van der Waals surface area contributed by atoms with E-state index in [2.05, 4.69) is 4.85 Å². The molecule has 9 heavy (non-hydrogen) atoms. The van der Waals surface area contributed by atoms with Gasteiger partial charge in [-0.1, -0.05) is 0 Å². The van der Waals surface area contributed by atoms with Crippen LogP contribution in [-0.4, -0.2) is 0 Å². The van der Waals surface area contributed by atoms with E-state index in [1.807, 2.05) is 16.8 Å². The van der Waals surface area contributed by atoms with E-state index in [0.29, 0.717) is 0 Å². The maximum atomic E-state index is 6.59. The summed E-state index contributed by atoms with van der Waals surface area (Å²) in [4.78, 5) is 3.17. The molecule has 2 N–H and O–H groups in total. The number of thiophene rings is 1. The van der Waals surface area contributed by atoms with Crippen molar-refractivity contribution in [2.75, 3.05) is 0 Å². The zero-order valence-corrected chi connectivity index (χ0v) is 5.56. The molecule has 46 valence electrons. The molecule has 1 aromatic rings. The molecule has 0 spiro atoms. The van der Waals surface area contributed by atoms with E-state index < -0.39 is 6.17 Å². The van der Waals surface area contributed by atoms with E-state index in [1.165, 1.54) is 0 Å². The number of hydrogen-bond donors (Lipinski definition) is 1. The second-order valence-corrected chi connectivity index (χ2v) is 2.41. The van der Waals surface area contributed by atoms with Crippen molar-refractivity contribution in [1.82, 2.24) is 0 Å². The van der Waals surface area contributed by atoms with Crippen LogP contribution >= 0.6 is 11.3 Å². The molecule has 1 heterocycles. The van der Waals surface area contributed by atoms with Gasteiger partial charge in [0.2, 0.25) is 0 Å². The minimum absolute atomic E-state index is 0.462. The molecule has 0 aliphatic carbocycles. The third-order valence-electron chi connectivity index (χ3n) is 1.02. The van der Waals surface area contributed by atoms with Crippen molar-refractivity contribution in [3.05, 3.63) is 33.8 Å². The monoisotopic (exact) mass is 138 g/mol. The van der Waals surface area contributed by atoms with E-state index in [9.17, 15) is 0 Å². The first kappa shape index (κ1) is 6.27. The number of rotatable bonds is 1. The van der Waals surface area contributed by atoms with E-state index in [-0.39, 0.29) is 0 Å².